The number of aryl methyl sites for hydroxylation is 1. The standard InChI is InChI=1S/C15H18N2O2/c1-11-5-6-12-13(9-11)17(10-16-12)8-7-14(18)19-15(2,3)4/h5-10H,1-4H3/b8-7+. The van der Waals surface area contributed by atoms with Gasteiger partial charge in [-0.25, -0.2) is 9.78 Å². The Bertz CT molecular complexity index is 633. The summed E-state index contributed by atoms with van der Waals surface area (Å²) in [7, 11) is 0. The van der Waals surface area contributed by atoms with Gasteiger partial charge in [-0.2, -0.15) is 0 Å². The molecule has 0 spiro atoms. The molecule has 1 aromatic heterocycles. The Hall–Kier alpha value is -2.10. The van der Waals surface area contributed by atoms with E-state index in [1.54, 1.807) is 12.5 Å². The molecule has 1 heterocycles. The van der Waals surface area contributed by atoms with Gasteiger partial charge in [0.15, 0.2) is 0 Å². The molecule has 0 amide bonds. The van der Waals surface area contributed by atoms with Crippen LogP contribution in [-0.2, 0) is 9.53 Å². The second-order valence-corrected chi connectivity index (χ2v) is 5.49. The van der Waals surface area contributed by atoms with E-state index in [9.17, 15) is 4.79 Å². The van der Waals surface area contributed by atoms with Gasteiger partial charge < -0.3 is 9.30 Å². The number of carbonyl (C=O) groups excluding carboxylic acids is 1. The Balaban J connectivity index is 2.22. The molecule has 0 aliphatic heterocycles. The predicted octanol–water partition coefficient (Wildman–Crippen LogP) is 3.16. The van der Waals surface area contributed by atoms with Crippen LogP contribution in [0.25, 0.3) is 17.2 Å². The minimum Gasteiger partial charge on any atom is -0.457 e. The number of ether oxygens (including phenoxy) is 1. The fourth-order valence-corrected chi connectivity index (χ4v) is 1.73. The summed E-state index contributed by atoms with van der Waals surface area (Å²) >= 11 is 0. The van der Waals surface area contributed by atoms with Crippen LogP contribution in [0.2, 0.25) is 0 Å². The lowest BCUT2D eigenvalue weighted by Gasteiger charge is -2.17. The third-order valence-electron chi connectivity index (χ3n) is 2.51. The number of benzene rings is 1. The zero-order valence-electron chi connectivity index (χ0n) is 11.7. The maximum absolute atomic E-state index is 11.6. The first-order valence-electron chi connectivity index (χ1n) is 6.19. The summed E-state index contributed by atoms with van der Waals surface area (Å²) in [5.41, 5.74) is 2.55. The van der Waals surface area contributed by atoms with E-state index in [-0.39, 0.29) is 5.97 Å². The van der Waals surface area contributed by atoms with Crippen molar-refractivity contribution in [2.75, 3.05) is 0 Å². The second-order valence-electron chi connectivity index (χ2n) is 5.49. The van der Waals surface area contributed by atoms with Crippen molar-refractivity contribution in [3.63, 3.8) is 0 Å². The Morgan fingerprint density at radius 1 is 1.37 bits per heavy atom. The van der Waals surface area contributed by atoms with Crippen LogP contribution in [0.3, 0.4) is 0 Å². The van der Waals surface area contributed by atoms with E-state index in [1.807, 2.05) is 50.5 Å². The number of esters is 1. The van der Waals surface area contributed by atoms with E-state index >= 15 is 0 Å². The molecule has 100 valence electrons. The molecule has 0 saturated carbocycles. The van der Waals surface area contributed by atoms with Crippen molar-refractivity contribution in [2.24, 2.45) is 0 Å². The number of hydrogen-bond acceptors (Lipinski definition) is 3. The number of nitrogens with zero attached hydrogens (tertiary/aromatic N) is 2. The van der Waals surface area contributed by atoms with Gasteiger partial charge in [0.1, 0.15) is 5.60 Å². The Morgan fingerprint density at radius 2 is 2.11 bits per heavy atom. The van der Waals surface area contributed by atoms with Gasteiger partial charge in [-0.1, -0.05) is 6.07 Å². The molecule has 1 aromatic carbocycles. The number of aromatic nitrogens is 2. The van der Waals surface area contributed by atoms with Crippen LogP contribution in [-0.4, -0.2) is 21.1 Å². The van der Waals surface area contributed by atoms with Gasteiger partial charge in [-0.05, 0) is 45.4 Å². The van der Waals surface area contributed by atoms with E-state index in [0.717, 1.165) is 16.6 Å². The van der Waals surface area contributed by atoms with Gasteiger partial charge in [0.2, 0.25) is 0 Å². The Morgan fingerprint density at radius 3 is 2.79 bits per heavy atom. The molecule has 2 rings (SSSR count). The van der Waals surface area contributed by atoms with Gasteiger partial charge in [0, 0.05) is 12.3 Å². The molecule has 0 bridgehead atoms. The highest BCUT2D eigenvalue weighted by molar-refractivity contribution is 5.87. The molecular weight excluding hydrogens is 240 g/mol. The van der Waals surface area contributed by atoms with Gasteiger partial charge in [0.25, 0.3) is 0 Å². The van der Waals surface area contributed by atoms with Gasteiger partial charge >= 0.3 is 5.97 Å². The summed E-state index contributed by atoms with van der Waals surface area (Å²) in [6.07, 6.45) is 4.77. The van der Waals surface area contributed by atoms with Crippen molar-refractivity contribution in [3.8, 4) is 0 Å². The highest BCUT2D eigenvalue weighted by Gasteiger charge is 2.13. The maximum atomic E-state index is 11.6. The van der Waals surface area contributed by atoms with Crippen molar-refractivity contribution >= 4 is 23.2 Å². The van der Waals surface area contributed by atoms with Crippen molar-refractivity contribution in [3.05, 3.63) is 36.2 Å². The van der Waals surface area contributed by atoms with Crippen LogP contribution < -0.4 is 0 Å². The lowest BCUT2D eigenvalue weighted by Crippen LogP contribution is -2.22. The van der Waals surface area contributed by atoms with E-state index in [1.165, 1.54) is 6.08 Å². The van der Waals surface area contributed by atoms with Crippen LogP contribution >= 0.6 is 0 Å². The molecule has 0 radical (unpaired) electrons. The molecule has 0 aliphatic rings. The molecule has 0 fully saturated rings. The number of rotatable bonds is 2. The summed E-state index contributed by atoms with van der Waals surface area (Å²) in [4.78, 5) is 15.9. The van der Waals surface area contributed by atoms with Crippen LogP contribution in [0.5, 0.6) is 0 Å². The molecule has 0 atom stereocenters. The third kappa shape index (κ3) is 3.44. The molecule has 4 heteroatoms. The van der Waals surface area contributed by atoms with Crippen LogP contribution in [0.4, 0.5) is 0 Å². The maximum Gasteiger partial charge on any atom is 0.332 e. The Labute approximate surface area is 112 Å². The van der Waals surface area contributed by atoms with Crippen LogP contribution in [0.1, 0.15) is 26.3 Å². The average molecular weight is 258 g/mol. The van der Waals surface area contributed by atoms with E-state index in [2.05, 4.69) is 4.98 Å². The van der Waals surface area contributed by atoms with E-state index in [0.29, 0.717) is 0 Å². The average Bonchev–Trinajstić information content (AvgIpc) is 2.66. The molecule has 19 heavy (non-hydrogen) atoms. The SMILES string of the molecule is Cc1ccc2ncn(/C=C/C(=O)OC(C)(C)C)c2c1. The van der Waals surface area contributed by atoms with E-state index in [4.69, 9.17) is 4.74 Å². The fraction of sp³-hybridized carbons (Fsp3) is 0.333. The highest BCUT2D eigenvalue weighted by Crippen LogP contribution is 2.15. The minimum atomic E-state index is -0.477. The zero-order valence-corrected chi connectivity index (χ0v) is 11.7. The summed E-state index contributed by atoms with van der Waals surface area (Å²) < 4.78 is 7.02. The lowest BCUT2D eigenvalue weighted by molar-refractivity contribution is -0.148. The third-order valence-corrected chi connectivity index (χ3v) is 2.51. The molecule has 0 aliphatic carbocycles. The molecular formula is C15H18N2O2. The fourth-order valence-electron chi connectivity index (χ4n) is 1.73. The summed E-state index contributed by atoms with van der Waals surface area (Å²) in [6.45, 7) is 7.55. The topological polar surface area (TPSA) is 44.1 Å². The summed E-state index contributed by atoms with van der Waals surface area (Å²) in [5.74, 6) is -0.359. The van der Waals surface area contributed by atoms with Crippen LogP contribution in [0.15, 0.2) is 30.6 Å². The quantitative estimate of drug-likeness (QED) is 0.614. The summed E-state index contributed by atoms with van der Waals surface area (Å²) in [5, 5.41) is 0. The van der Waals surface area contributed by atoms with Gasteiger partial charge in [0.05, 0.1) is 17.4 Å². The predicted molar refractivity (Wildman–Crippen MR) is 75.6 cm³/mol. The highest BCUT2D eigenvalue weighted by atomic mass is 16.6. The molecule has 2 aromatic rings. The summed E-state index contributed by atoms with van der Waals surface area (Å²) in [6, 6.07) is 6.00. The molecule has 0 N–H and O–H groups in total. The number of hydrogen-bond donors (Lipinski definition) is 0. The zero-order chi connectivity index (χ0) is 14.0. The first-order valence-corrected chi connectivity index (χ1v) is 6.19. The number of imidazole rings is 1. The normalized spacial score (nSPS) is 12.2. The van der Waals surface area contributed by atoms with Crippen molar-refractivity contribution in [2.45, 2.75) is 33.3 Å². The first-order chi connectivity index (χ1) is 8.85. The van der Waals surface area contributed by atoms with Gasteiger partial charge in [-0.15, -0.1) is 0 Å². The first kappa shape index (κ1) is 13.3. The number of carbonyl (C=O) groups is 1. The molecule has 0 saturated heterocycles. The van der Waals surface area contributed by atoms with Crippen molar-refractivity contribution in [1.29, 1.82) is 0 Å². The van der Waals surface area contributed by atoms with Crippen LogP contribution in [0, 0.1) is 6.92 Å². The molecule has 0 unspecified atom stereocenters. The Kier molecular flexibility index (Phi) is 3.42. The largest absolute Gasteiger partial charge is 0.457 e. The number of fused-ring (bicyclic) bond motifs is 1. The molecule has 4 nitrogen and oxygen atoms in total. The van der Waals surface area contributed by atoms with Crippen molar-refractivity contribution in [1.82, 2.24) is 9.55 Å². The van der Waals surface area contributed by atoms with Crippen molar-refractivity contribution < 1.29 is 9.53 Å². The monoisotopic (exact) mass is 258 g/mol. The smallest absolute Gasteiger partial charge is 0.332 e. The van der Waals surface area contributed by atoms with E-state index < -0.39 is 5.60 Å². The lowest BCUT2D eigenvalue weighted by atomic mass is 10.2. The van der Waals surface area contributed by atoms with Gasteiger partial charge in [-0.3, -0.25) is 0 Å². The second kappa shape index (κ2) is 4.88. The minimum absolute atomic E-state index is 0.359.